The minimum Gasteiger partial charge on any atom is -0.478 e. The Morgan fingerprint density at radius 2 is 0.739 bits per heavy atom. The quantitative estimate of drug-likeness (QED) is 0.0278. The summed E-state index contributed by atoms with van der Waals surface area (Å²) < 4.78 is 160. The molecule has 4 amide bonds. The molecule has 138 heavy (non-hydrogen) atoms. The maximum absolute atomic E-state index is 13.6. The van der Waals surface area contributed by atoms with E-state index in [0.717, 1.165) is 132 Å². The Bertz CT molecular complexity index is 5260. The highest BCUT2D eigenvalue weighted by molar-refractivity contribution is 9.08. The number of nitrogens with one attached hydrogen (secondary N) is 2. The first-order valence-corrected chi connectivity index (χ1v) is 49.0. The molecule has 8 aliphatic heterocycles. The van der Waals surface area contributed by atoms with Gasteiger partial charge in [0.2, 0.25) is 0 Å². The maximum Gasteiger partial charge on any atom is 0.471 e. The molecule has 1 unspecified atom stereocenters. The van der Waals surface area contributed by atoms with Crippen molar-refractivity contribution in [2.45, 2.75) is 260 Å². The molecule has 19 rings (SSSR count). The van der Waals surface area contributed by atoms with E-state index in [-0.39, 0.29) is 60.7 Å². The average molecular weight is 1990 g/mol. The molecule has 23 nitrogen and oxygen atoms in total. The van der Waals surface area contributed by atoms with E-state index >= 15 is 0 Å². The number of alkyl halides is 10. The van der Waals surface area contributed by atoms with Gasteiger partial charge in [-0.05, 0) is 212 Å². The van der Waals surface area contributed by atoms with Gasteiger partial charge in [-0.3, -0.25) is 24.2 Å². The minimum atomic E-state index is -4.93. The summed E-state index contributed by atoms with van der Waals surface area (Å²) in [7, 11) is 2.72. The van der Waals surface area contributed by atoms with E-state index in [1.54, 1.807) is 62.1 Å². The highest BCUT2D eigenvalue weighted by Gasteiger charge is 2.61. The zero-order valence-electron chi connectivity index (χ0n) is 78.4. The molecule has 4 spiro atoms. The summed E-state index contributed by atoms with van der Waals surface area (Å²) in [5.74, 6) is -6.33. The van der Waals surface area contributed by atoms with Crippen molar-refractivity contribution in [1.29, 1.82) is 0 Å². The predicted octanol–water partition coefficient (Wildman–Crippen LogP) is 17.9. The lowest BCUT2D eigenvalue weighted by atomic mass is 9.86. The number of carbonyl (C=O) groups is 7. The van der Waals surface area contributed by atoms with Crippen molar-refractivity contribution in [1.82, 2.24) is 40.0 Å². The molecule has 7 aromatic rings. The number of esters is 2. The molecule has 0 radical (unpaired) electrons. The SMILES string of the molecule is CC(C)(C)OC(=O)N1CCC2(CC1)CC(N(C(=O)C(F)(F)F)[C@@H]1C[C@H]1c1ccccc1)CO2.COC(=O)c1ccc(CBr)cc1.COC(=O)c1ccc(CN2CCC3(CC2)C[C@@H](N(C(=O)C(F)(F)F)[C@@H]2C[C@H]2c2ccccc2)CO3)cc1.O=C(N([C@H]1COC2(CCNCC2)C1)[C@@H]1C[C@H]1c1ccccc1)C(F)(F)F.O=C(O)c1ccc(CN2CCC3(CC2)C[C@@H](N[C@@H]2C[C@H]2c2ccccc2)CO3)cc1. The number of carbonyl (C=O) groups excluding carboxylic acids is 6. The van der Waals surface area contributed by atoms with Gasteiger partial charge in [-0.15, -0.1) is 0 Å². The van der Waals surface area contributed by atoms with E-state index in [4.69, 9.17) is 33.5 Å². The van der Waals surface area contributed by atoms with Gasteiger partial charge in [0, 0.05) is 112 Å². The Hall–Kier alpha value is -9.84. The van der Waals surface area contributed by atoms with Crippen LogP contribution in [0, 0.1) is 0 Å². The molecule has 4 saturated carbocycles. The van der Waals surface area contributed by atoms with Crippen LogP contribution in [0.4, 0.5) is 44.3 Å². The van der Waals surface area contributed by atoms with E-state index in [0.29, 0.717) is 119 Å². The molecular formula is C105H124BrF9N8O15. The Morgan fingerprint density at radius 3 is 1.07 bits per heavy atom. The molecular weight excluding hydrogens is 1860 g/mol. The van der Waals surface area contributed by atoms with Crippen molar-refractivity contribution in [3.63, 3.8) is 0 Å². The van der Waals surface area contributed by atoms with E-state index in [1.807, 2.05) is 127 Å². The summed E-state index contributed by atoms with van der Waals surface area (Å²) in [4.78, 5) is 92.7. The molecule has 744 valence electrons. The van der Waals surface area contributed by atoms with Gasteiger partial charge in [0.25, 0.3) is 0 Å². The molecule has 3 N–H and O–H groups in total. The predicted molar refractivity (Wildman–Crippen MR) is 500 cm³/mol. The topological polar surface area (TPSA) is 248 Å². The second kappa shape index (κ2) is 43.7. The second-order valence-electron chi connectivity index (χ2n) is 39.9. The zero-order chi connectivity index (χ0) is 98.1. The Kier molecular flexibility index (Phi) is 32.5. The van der Waals surface area contributed by atoms with Crippen molar-refractivity contribution in [2.75, 3.05) is 93.0 Å². The number of hydrogen-bond donors (Lipinski definition) is 3. The van der Waals surface area contributed by atoms with Gasteiger partial charge in [-0.25, -0.2) is 19.2 Å². The molecule has 12 aliphatic rings. The van der Waals surface area contributed by atoms with Gasteiger partial charge in [0.1, 0.15) is 5.60 Å². The standard InChI is InChI=1S/C28H31F3N2O4.C25H30N2O3.C24H31F3N2O4.C19H23F3N2O2.C9H9BrO2/c1-36-25(34)21-9-7-19(8-10-21)17-32-13-11-27(12-14-32)16-22(18-37-27)33(26(35)28(29,30)31)24-15-23(24)20-5-3-2-4-6-20;28-24(29)20-8-6-18(7-9-20)16-27-12-10-25(11-13-27)15-21(17-30-25)26-23-14-22(23)19-4-2-1-3-5-19;1-22(2,3)33-21(31)28-11-9-23(10-12-28)14-17(15-32-23)29(20(30)24(25,26)27)19-13-18(19)16-7-5-4-6-8-16;20-19(21,22)17(25)24(16-10-15(16)13-4-2-1-3-5-13)14-11-18(26-12-14)6-8-23-9-7-18;1-12-9(11)8-4-2-7(6-10)3-5-8/h2-10,22-24H,11-18H2,1H3;1-9,21-23,26H,10-17H2,(H,28,29);4-8,17-19H,9-15H2,1-3H3;1-5,14-16,23H,6-12H2;2-5H,6H2,1H3/t22-,23+,24-;21-,22+,23-;17?,18-,19+;14-,15+,16-;/m1101./s1. The van der Waals surface area contributed by atoms with Crippen molar-refractivity contribution in [3.05, 3.63) is 250 Å². The van der Waals surface area contributed by atoms with Crippen LogP contribution in [0.5, 0.6) is 0 Å². The Labute approximate surface area is 807 Å². The number of likely N-dealkylation sites (tertiary alicyclic amines) is 3. The highest BCUT2D eigenvalue weighted by Crippen LogP contribution is 2.54. The van der Waals surface area contributed by atoms with Crippen molar-refractivity contribution in [3.8, 4) is 0 Å². The van der Waals surface area contributed by atoms with Gasteiger partial charge < -0.3 is 68.5 Å². The number of benzene rings is 7. The van der Waals surface area contributed by atoms with E-state index in [9.17, 15) is 73.1 Å². The monoisotopic (exact) mass is 1990 g/mol. The summed E-state index contributed by atoms with van der Waals surface area (Å²) in [6.07, 6.45) is -3.72. The molecule has 4 aliphatic carbocycles. The zero-order valence-corrected chi connectivity index (χ0v) is 80.0. The summed E-state index contributed by atoms with van der Waals surface area (Å²) in [5, 5.41) is 16.9. The van der Waals surface area contributed by atoms with Crippen LogP contribution in [0.3, 0.4) is 0 Å². The number of halogens is 10. The first-order chi connectivity index (χ1) is 65.8. The highest BCUT2D eigenvalue weighted by atomic mass is 79.9. The number of piperidine rings is 4. The van der Waals surface area contributed by atoms with Crippen molar-refractivity contribution < 1.29 is 111 Å². The minimum absolute atomic E-state index is 0.0212. The molecule has 0 aromatic heterocycles. The van der Waals surface area contributed by atoms with Crippen LogP contribution in [0.25, 0.3) is 0 Å². The lowest BCUT2D eigenvalue weighted by Gasteiger charge is -2.39. The van der Waals surface area contributed by atoms with Crippen LogP contribution >= 0.6 is 15.9 Å². The fourth-order valence-corrected chi connectivity index (χ4v) is 21.8. The summed E-state index contributed by atoms with van der Waals surface area (Å²) in [5.41, 5.74) is 7.11. The molecule has 8 heterocycles. The number of carboxylic acids is 1. The van der Waals surface area contributed by atoms with E-state index in [2.05, 4.69) is 71.4 Å². The maximum atomic E-state index is 13.6. The first kappa shape index (κ1) is 103. The van der Waals surface area contributed by atoms with Gasteiger partial charge >= 0.3 is 60.3 Å². The second-order valence-corrected chi connectivity index (χ2v) is 40.4. The average Bonchev–Trinajstić information content (AvgIpc) is 1.59. The third kappa shape index (κ3) is 26.1. The van der Waals surface area contributed by atoms with Crippen LogP contribution in [-0.4, -0.2) is 264 Å². The Morgan fingerprint density at radius 1 is 0.420 bits per heavy atom. The summed E-state index contributed by atoms with van der Waals surface area (Å²) in [6.45, 7) is 14.2. The number of nitrogens with zero attached hydrogens (tertiary/aromatic N) is 6. The van der Waals surface area contributed by atoms with Crippen LogP contribution in [0.2, 0.25) is 0 Å². The lowest BCUT2D eigenvalue weighted by molar-refractivity contribution is -0.188. The van der Waals surface area contributed by atoms with Gasteiger partial charge in [-0.1, -0.05) is 174 Å². The normalized spacial score (nSPS) is 25.8. The number of aromatic carboxylic acids is 1. The van der Waals surface area contributed by atoms with Crippen molar-refractivity contribution >= 4 is 57.7 Å². The molecule has 33 heteroatoms. The molecule has 12 atom stereocenters. The smallest absolute Gasteiger partial charge is 0.471 e. The lowest BCUT2D eigenvalue weighted by Crippen LogP contribution is -2.51. The largest absolute Gasteiger partial charge is 0.478 e. The van der Waals surface area contributed by atoms with Crippen LogP contribution in [-0.2, 0) is 66.0 Å². The molecule has 7 aromatic carbocycles. The van der Waals surface area contributed by atoms with Gasteiger partial charge in [0.15, 0.2) is 0 Å². The third-order valence-corrected chi connectivity index (χ3v) is 29.8. The van der Waals surface area contributed by atoms with E-state index in [1.165, 1.54) is 31.8 Å². The fraction of sp³-hybridized carbons (Fsp3) is 0.533. The van der Waals surface area contributed by atoms with Crippen LogP contribution in [0.15, 0.2) is 194 Å². The van der Waals surface area contributed by atoms with Gasteiger partial charge in [-0.2, -0.15) is 39.5 Å². The van der Waals surface area contributed by atoms with Crippen molar-refractivity contribution in [2.24, 2.45) is 0 Å². The fourth-order valence-electron chi connectivity index (χ4n) is 21.5. The Balaban J connectivity index is 0.000000135. The number of ether oxygens (including phenoxy) is 7. The number of methoxy groups -OCH3 is 2. The van der Waals surface area contributed by atoms with E-state index < -0.39 is 101 Å². The number of hydrogen-bond acceptors (Lipinski definition) is 18. The number of rotatable bonds is 20. The molecule has 12 fully saturated rings. The molecule has 8 saturated heterocycles. The summed E-state index contributed by atoms with van der Waals surface area (Å²) in [6, 6.07) is 58.9. The number of carboxylic acid groups (broad SMARTS) is 1. The number of amides is 4. The third-order valence-electron chi connectivity index (χ3n) is 29.2. The molecule has 0 bridgehead atoms. The summed E-state index contributed by atoms with van der Waals surface area (Å²) >= 11 is 3.32. The van der Waals surface area contributed by atoms with Crippen LogP contribution in [0.1, 0.15) is 217 Å². The van der Waals surface area contributed by atoms with Gasteiger partial charge in [0.05, 0.1) is 97.9 Å². The first-order valence-electron chi connectivity index (χ1n) is 47.9. The van der Waals surface area contributed by atoms with Crippen LogP contribution < -0.4 is 10.6 Å².